The third kappa shape index (κ3) is 19.1. The standard InChI is InChI=1S/C44H66FN11O14S/c1-5-23(4)37-43(67)51-27(10-11-33(46)58)39(63)53-31(19-34(47)59)40(64)52-28(12-14-71(69,70)15-13-36(61)50-30(41(65)55-37)17-24-6-8-26(57)9-7-24)44(68)56-21-25(45)18-32(56)42(66)54-29(16-22(2)3)38(62)49-20-35(48)60/h6-9,22-23,25,27-32,37,57H,5,10-21H2,1-4H3,(H2,46,58)(H2,47,59)(H2,48,60)(H,49,62)(H,50,61)(H,51,67)(H,52,64)(H,53,63)(H,54,66)(H,55,65)/t23-,25-,27-,28-,29-,30-,31-,32-,37-/m0/s1. The van der Waals surface area contributed by atoms with Crippen LogP contribution >= 0.6 is 0 Å². The van der Waals surface area contributed by atoms with Crippen molar-refractivity contribution in [2.24, 2.45) is 29.0 Å². The smallest absolute Gasteiger partial charge is 0.245 e. The van der Waals surface area contributed by atoms with Gasteiger partial charge in [0.15, 0.2) is 9.84 Å². The van der Waals surface area contributed by atoms with Crippen LogP contribution in [0.15, 0.2) is 24.3 Å². The van der Waals surface area contributed by atoms with E-state index in [1.165, 1.54) is 24.3 Å². The number of carbonyl (C=O) groups is 11. The number of amides is 11. The highest BCUT2D eigenvalue weighted by atomic mass is 32.2. The fourth-order valence-corrected chi connectivity index (χ4v) is 9.02. The molecule has 2 aliphatic rings. The molecule has 2 fully saturated rings. The molecule has 3 rings (SSSR count). The number of hydrogen-bond acceptors (Lipinski definition) is 14. The van der Waals surface area contributed by atoms with E-state index in [9.17, 15) is 66.3 Å². The van der Waals surface area contributed by atoms with Gasteiger partial charge in [-0.25, -0.2) is 12.8 Å². The summed E-state index contributed by atoms with van der Waals surface area (Å²) in [6.07, 6.45) is -5.84. The van der Waals surface area contributed by atoms with Crippen molar-refractivity contribution in [2.45, 2.75) is 134 Å². The van der Waals surface area contributed by atoms with Gasteiger partial charge < -0.3 is 64.4 Å². The number of likely N-dealkylation sites (tertiary alicyclic amines) is 1. The SMILES string of the molecule is CC[C@H](C)[C@@H]1NC(=O)[C@H](Cc2ccc(O)cc2)NC(=O)CCS(=O)(=O)CC[C@@H](C(=O)N2C[C@@H](F)C[C@H]2C(=O)N[C@@H](CC(C)C)C(=O)NCC(N)=O)NC(=O)[C@H](CC(N)=O)NC(=O)[C@H](CCC(N)=O)NC1=O. The number of phenols is 1. The van der Waals surface area contributed by atoms with Gasteiger partial charge >= 0.3 is 0 Å². The third-order valence-electron chi connectivity index (χ3n) is 11.8. The van der Waals surface area contributed by atoms with Gasteiger partial charge in [0.05, 0.1) is 31.0 Å². The number of phenolic OH excluding ortho intramolecular Hbond substituents is 1. The first kappa shape index (κ1) is 58.4. The lowest BCUT2D eigenvalue weighted by molar-refractivity contribution is -0.143. The quantitative estimate of drug-likeness (QED) is 0.0706. The van der Waals surface area contributed by atoms with Crippen molar-refractivity contribution in [1.82, 2.24) is 42.1 Å². The zero-order valence-corrected chi connectivity index (χ0v) is 40.8. The number of nitrogens with one attached hydrogen (secondary N) is 7. The van der Waals surface area contributed by atoms with E-state index in [2.05, 4.69) is 37.2 Å². The number of hydrogen-bond donors (Lipinski definition) is 11. The molecule has 14 N–H and O–H groups in total. The Morgan fingerprint density at radius 1 is 0.817 bits per heavy atom. The molecule has 0 unspecified atom stereocenters. The molecule has 27 heteroatoms. The normalized spacial score (nSPS) is 24.7. The number of sulfone groups is 1. The monoisotopic (exact) mass is 1020 g/mol. The largest absolute Gasteiger partial charge is 0.508 e. The summed E-state index contributed by atoms with van der Waals surface area (Å²) in [4.78, 5) is 147. The van der Waals surface area contributed by atoms with Crippen molar-refractivity contribution in [3.63, 3.8) is 0 Å². The summed E-state index contributed by atoms with van der Waals surface area (Å²) in [6, 6.07) is -5.84. The number of primary amides is 3. The van der Waals surface area contributed by atoms with Crippen molar-refractivity contribution >= 4 is 74.8 Å². The van der Waals surface area contributed by atoms with Crippen LogP contribution < -0.4 is 54.4 Å². The predicted molar refractivity (Wildman–Crippen MR) is 250 cm³/mol. The van der Waals surface area contributed by atoms with Crippen LogP contribution in [0.3, 0.4) is 0 Å². The summed E-state index contributed by atoms with van der Waals surface area (Å²) in [5.74, 6) is -14.1. The zero-order valence-electron chi connectivity index (χ0n) is 40.0. The van der Waals surface area contributed by atoms with Crippen LogP contribution in [0.1, 0.15) is 84.6 Å². The van der Waals surface area contributed by atoms with E-state index in [4.69, 9.17) is 17.2 Å². The molecule has 11 amide bonds. The molecule has 0 aromatic heterocycles. The van der Waals surface area contributed by atoms with Crippen LogP contribution in [0, 0.1) is 11.8 Å². The molecule has 394 valence electrons. The molecule has 2 aliphatic heterocycles. The summed E-state index contributed by atoms with van der Waals surface area (Å²) in [7, 11) is -4.36. The van der Waals surface area contributed by atoms with Gasteiger partial charge in [-0.2, -0.15) is 0 Å². The Balaban J connectivity index is 2.12. The summed E-state index contributed by atoms with van der Waals surface area (Å²) in [5, 5.41) is 26.6. The van der Waals surface area contributed by atoms with Crippen molar-refractivity contribution in [3.8, 4) is 5.75 Å². The van der Waals surface area contributed by atoms with Gasteiger partial charge in [0.25, 0.3) is 0 Å². The fraction of sp³-hybridized carbons (Fsp3) is 0.614. The van der Waals surface area contributed by atoms with E-state index in [0.29, 0.717) is 5.56 Å². The molecule has 0 radical (unpaired) electrons. The topological polar surface area (TPSA) is 408 Å². The summed E-state index contributed by atoms with van der Waals surface area (Å²) in [6.45, 7) is 5.39. The Hall–Kier alpha value is -6.93. The van der Waals surface area contributed by atoms with Gasteiger partial charge in [0, 0.05) is 25.7 Å². The molecular formula is C44H66FN11O14S. The highest BCUT2D eigenvalue weighted by molar-refractivity contribution is 7.91. The number of carbonyl (C=O) groups excluding carboxylic acids is 11. The van der Waals surface area contributed by atoms with Crippen LogP contribution in [0.2, 0.25) is 0 Å². The minimum Gasteiger partial charge on any atom is -0.508 e. The van der Waals surface area contributed by atoms with E-state index in [1.807, 2.05) is 0 Å². The molecule has 1 aromatic rings. The molecule has 1 aromatic carbocycles. The lowest BCUT2D eigenvalue weighted by atomic mass is 9.96. The molecule has 0 bridgehead atoms. The average Bonchev–Trinajstić information content (AvgIpc) is 3.69. The van der Waals surface area contributed by atoms with Gasteiger partial charge in [-0.1, -0.05) is 46.2 Å². The lowest BCUT2D eigenvalue weighted by Gasteiger charge is -2.31. The number of nitrogens with zero attached hydrogens (tertiary/aromatic N) is 1. The van der Waals surface area contributed by atoms with E-state index < -0.39 is 192 Å². The van der Waals surface area contributed by atoms with Crippen molar-refractivity contribution in [3.05, 3.63) is 29.8 Å². The van der Waals surface area contributed by atoms with E-state index >= 15 is 4.39 Å². The Morgan fingerprint density at radius 2 is 1.44 bits per heavy atom. The minimum atomic E-state index is -4.36. The number of halogens is 1. The Bertz CT molecular complexity index is 2270. The number of aromatic hydroxyl groups is 1. The Labute approximate surface area is 409 Å². The second-order valence-electron chi connectivity index (χ2n) is 18.1. The molecule has 25 nitrogen and oxygen atoms in total. The number of nitrogens with two attached hydrogens (primary N) is 3. The molecule has 2 heterocycles. The van der Waals surface area contributed by atoms with E-state index in [-0.39, 0.29) is 30.9 Å². The minimum absolute atomic E-state index is 0.0232. The van der Waals surface area contributed by atoms with E-state index in [0.717, 1.165) is 4.90 Å². The molecule has 9 atom stereocenters. The van der Waals surface area contributed by atoms with Gasteiger partial charge in [0.2, 0.25) is 65.0 Å². The first-order valence-corrected chi connectivity index (χ1v) is 24.9. The zero-order chi connectivity index (χ0) is 53.3. The van der Waals surface area contributed by atoms with Crippen LogP contribution in [0.4, 0.5) is 4.39 Å². The predicted octanol–water partition coefficient (Wildman–Crippen LogP) is -4.17. The van der Waals surface area contributed by atoms with Crippen LogP contribution in [0.5, 0.6) is 5.75 Å². The Kier molecular flexibility index (Phi) is 22.1. The van der Waals surface area contributed by atoms with E-state index in [1.54, 1.807) is 27.7 Å². The molecule has 2 saturated heterocycles. The molecule has 0 saturated carbocycles. The van der Waals surface area contributed by atoms with Gasteiger partial charge in [-0.15, -0.1) is 0 Å². The van der Waals surface area contributed by atoms with Crippen molar-refractivity contribution in [1.29, 1.82) is 0 Å². The van der Waals surface area contributed by atoms with Gasteiger partial charge in [0.1, 0.15) is 54.2 Å². The summed E-state index contributed by atoms with van der Waals surface area (Å²) in [5.41, 5.74) is 16.4. The Morgan fingerprint density at radius 3 is 2.03 bits per heavy atom. The van der Waals surface area contributed by atoms with Crippen molar-refractivity contribution < 1.29 is 70.7 Å². The average molecular weight is 1020 g/mol. The molecule has 0 spiro atoms. The maximum absolute atomic E-state index is 15.3. The van der Waals surface area contributed by atoms with Crippen molar-refractivity contribution in [2.75, 3.05) is 24.6 Å². The maximum atomic E-state index is 15.3. The first-order chi connectivity index (χ1) is 33.2. The highest BCUT2D eigenvalue weighted by Crippen LogP contribution is 2.24. The first-order valence-electron chi connectivity index (χ1n) is 23.1. The van der Waals surface area contributed by atoms with Crippen LogP contribution in [0.25, 0.3) is 0 Å². The molecule has 0 aliphatic carbocycles. The number of alkyl halides is 1. The van der Waals surface area contributed by atoms with Crippen LogP contribution in [-0.4, -0.2) is 156 Å². The van der Waals surface area contributed by atoms with Gasteiger partial charge in [-0.05, 0) is 48.8 Å². The lowest BCUT2D eigenvalue weighted by Crippen LogP contribution is -2.61. The number of benzene rings is 1. The van der Waals surface area contributed by atoms with Crippen LogP contribution in [-0.2, 0) is 69.0 Å². The maximum Gasteiger partial charge on any atom is 0.245 e. The number of rotatable bonds is 17. The third-order valence-corrected chi connectivity index (χ3v) is 13.4. The summed E-state index contributed by atoms with van der Waals surface area (Å²) >= 11 is 0. The fourth-order valence-electron chi connectivity index (χ4n) is 7.72. The second kappa shape index (κ2) is 26.9. The van der Waals surface area contributed by atoms with Gasteiger partial charge in [-0.3, -0.25) is 52.7 Å². The second-order valence-corrected chi connectivity index (χ2v) is 20.4. The summed E-state index contributed by atoms with van der Waals surface area (Å²) < 4.78 is 42.5. The molecule has 71 heavy (non-hydrogen) atoms. The molecular weight excluding hydrogens is 958 g/mol. The highest BCUT2D eigenvalue weighted by Gasteiger charge is 2.44.